The molecule has 0 radical (unpaired) electrons. The van der Waals surface area contributed by atoms with Gasteiger partial charge in [-0.05, 0) is 41.9 Å². The Morgan fingerprint density at radius 3 is 1.74 bits per heavy atom. The zero-order valence-electron chi connectivity index (χ0n) is 18.8. The molecule has 31 heavy (non-hydrogen) atoms. The van der Waals surface area contributed by atoms with Crippen LogP contribution < -0.4 is 4.74 Å². The Bertz CT molecular complexity index is 753. The van der Waals surface area contributed by atoms with E-state index in [0.717, 1.165) is 24.2 Å². The van der Waals surface area contributed by atoms with Gasteiger partial charge in [0.25, 0.3) is 0 Å². The van der Waals surface area contributed by atoms with Crippen molar-refractivity contribution in [2.24, 2.45) is 0 Å². The average molecular weight is 445 g/mol. The maximum absolute atomic E-state index is 11.9. The van der Waals surface area contributed by atoms with Crippen LogP contribution >= 0.6 is 11.8 Å². The van der Waals surface area contributed by atoms with Gasteiger partial charge in [-0.2, -0.15) is 20.5 Å². The predicted octanol–water partition coefficient (Wildman–Crippen LogP) is 8.43. The third-order valence-electron chi connectivity index (χ3n) is 4.24. The molecule has 0 N–H and O–H groups in total. The molecule has 0 aliphatic carbocycles. The van der Waals surface area contributed by atoms with Crippen LogP contribution in [0.4, 0.5) is 8.78 Å². The number of aryl methyl sites for hydroxylation is 2. The molecule has 0 bridgehead atoms. The quantitative estimate of drug-likeness (QED) is 0.345. The number of benzene rings is 3. The highest BCUT2D eigenvalue weighted by Crippen LogP contribution is 2.21. The first-order valence-corrected chi connectivity index (χ1v) is 12.1. The number of halogens is 2. The van der Waals surface area contributed by atoms with E-state index in [4.69, 9.17) is 0 Å². The number of rotatable bonds is 8. The summed E-state index contributed by atoms with van der Waals surface area (Å²) < 4.78 is 28.2. The zero-order valence-corrected chi connectivity index (χ0v) is 19.6. The molecule has 0 spiro atoms. The molecule has 0 aromatic heterocycles. The van der Waals surface area contributed by atoms with Crippen molar-refractivity contribution in [2.75, 3.05) is 6.26 Å². The van der Waals surface area contributed by atoms with Gasteiger partial charge in [0.05, 0.1) is 0 Å². The van der Waals surface area contributed by atoms with Gasteiger partial charge in [-0.1, -0.05) is 106 Å². The molecule has 1 nitrogen and oxygen atoms in total. The largest absolute Gasteiger partial charge is 0.435 e. The Morgan fingerprint density at radius 2 is 1.23 bits per heavy atom. The summed E-state index contributed by atoms with van der Waals surface area (Å²) in [7, 11) is 0. The number of hydrogen-bond acceptors (Lipinski definition) is 2. The normalized spacial score (nSPS) is 9.87. The highest BCUT2D eigenvalue weighted by atomic mass is 32.2. The lowest BCUT2D eigenvalue weighted by atomic mass is 10.1. The van der Waals surface area contributed by atoms with E-state index in [2.05, 4.69) is 72.5 Å². The van der Waals surface area contributed by atoms with Crippen LogP contribution in [0.1, 0.15) is 43.4 Å². The fourth-order valence-electron chi connectivity index (χ4n) is 2.86. The Morgan fingerprint density at radius 1 is 0.710 bits per heavy atom. The molecule has 0 heterocycles. The summed E-state index contributed by atoms with van der Waals surface area (Å²) in [5.74, 6) is 1.42. The van der Waals surface area contributed by atoms with Crippen LogP contribution in [-0.4, -0.2) is 12.9 Å². The molecule has 0 aliphatic rings. The van der Waals surface area contributed by atoms with Crippen molar-refractivity contribution in [3.05, 3.63) is 102 Å². The van der Waals surface area contributed by atoms with Gasteiger partial charge in [0.15, 0.2) is 0 Å². The molecule has 0 atom stereocenters. The molecule has 0 aliphatic heterocycles. The van der Waals surface area contributed by atoms with E-state index in [9.17, 15) is 8.78 Å². The lowest BCUT2D eigenvalue weighted by Crippen LogP contribution is -2.04. The van der Waals surface area contributed by atoms with Crippen molar-refractivity contribution >= 4 is 11.8 Å². The Balaban J connectivity index is 0.000000239. The summed E-state index contributed by atoms with van der Waals surface area (Å²) in [6, 6.07) is 28.0. The van der Waals surface area contributed by atoms with E-state index in [1.54, 1.807) is 18.2 Å². The minimum Gasteiger partial charge on any atom is -0.435 e. The van der Waals surface area contributed by atoms with Gasteiger partial charge in [0.1, 0.15) is 5.75 Å². The molecule has 3 rings (SSSR count). The maximum Gasteiger partial charge on any atom is 0.387 e. The molecule has 3 aromatic carbocycles. The van der Waals surface area contributed by atoms with Gasteiger partial charge in [-0.15, -0.1) is 0 Å². The summed E-state index contributed by atoms with van der Waals surface area (Å²) in [5.41, 5.74) is 3.69. The van der Waals surface area contributed by atoms with Gasteiger partial charge >= 0.3 is 6.61 Å². The molecule has 0 unspecified atom stereocenters. The molecule has 0 saturated carbocycles. The van der Waals surface area contributed by atoms with Crippen LogP contribution in [0.5, 0.6) is 5.75 Å². The molecule has 0 amide bonds. The van der Waals surface area contributed by atoms with Gasteiger partial charge in [0, 0.05) is 5.75 Å². The van der Waals surface area contributed by atoms with Crippen molar-refractivity contribution in [3.63, 3.8) is 0 Å². The smallest absolute Gasteiger partial charge is 0.387 e. The molecule has 0 fully saturated rings. The van der Waals surface area contributed by atoms with E-state index in [1.165, 1.54) is 24.0 Å². The third kappa shape index (κ3) is 12.8. The van der Waals surface area contributed by atoms with Crippen LogP contribution in [0.2, 0.25) is 0 Å². The van der Waals surface area contributed by atoms with Crippen molar-refractivity contribution in [1.82, 2.24) is 0 Å². The fraction of sp³-hybridized carbons (Fsp3) is 0.333. The number of alkyl halides is 2. The van der Waals surface area contributed by atoms with Crippen molar-refractivity contribution in [1.29, 1.82) is 0 Å². The Kier molecular flexibility index (Phi) is 15.0. The molecule has 168 valence electrons. The summed E-state index contributed by atoms with van der Waals surface area (Å²) in [4.78, 5) is 0. The monoisotopic (exact) mass is 444 g/mol. The highest BCUT2D eigenvalue weighted by Gasteiger charge is 2.07. The fourth-order valence-corrected chi connectivity index (χ4v) is 3.39. The number of hydrogen-bond donors (Lipinski definition) is 0. The summed E-state index contributed by atoms with van der Waals surface area (Å²) in [6.45, 7) is 1.46. The zero-order chi connectivity index (χ0) is 22.7. The van der Waals surface area contributed by atoms with Gasteiger partial charge in [-0.3, -0.25) is 0 Å². The SMILES string of the molecule is CCCc1ccccc1.CCCc1ccccc1OC(F)F.CSCc1ccccc1. The van der Waals surface area contributed by atoms with Crippen LogP contribution in [0.15, 0.2) is 84.9 Å². The summed E-state index contributed by atoms with van der Waals surface area (Å²) >= 11 is 1.85. The molecule has 0 saturated heterocycles. The minimum absolute atomic E-state index is 0.291. The second-order valence-corrected chi connectivity index (χ2v) is 7.76. The predicted molar refractivity (Wildman–Crippen MR) is 131 cm³/mol. The average Bonchev–Trinajstić information content (AvgIpc) is 2.78. The molecular weight excluding hydrogens is 410 g/mol. The van der Waals surface area contributed by atoms with Crippen LogP contribution in [-0.2, 0) is 18.6 Å². The lowest BCUT2D eigenvalue weighted by Gasteiger charge is -2.08. The number of ether oxygens (including phenoxy) is 1. The first kappa shape index (κ1) is 26.7. The number of para-hydroxylation sites is 1. The molecular formula is C27H34F2OS. The van der Waals surface area contributed by atoms with E-state index in [0.29, 0.717) is 5.75 Å². The minimum atomic E-state index is -2.74. The molecule has 3 aromatic rings. The lowest BCUT2D eigenvalue weighted by molar-refractivity contribution is -0.0504. The maximum atomic E-state index is 11.9. The highest BCUT2D eigenvalue weighted by molar-refractivity contribution is 7.97. The van der Waals surface area contributed by atoms with E-state index < -0.39 is 6.61 Å². The number of thioether (sulfide) groups is 1. The first-order chi connectivity index (χ1) is 15.1. The van der Waals surface area contributed by atoms with Crippen molar-refractivity contribution in [3.8, 4) is 5.75 Å². The van der Waals surface area contributed by atoms with Gasteiger partial charge < -0.3 is 4.74 Å². The van der Waals surface area contributed by atoms with Crippen molar-refractivity contribution in [2.45, 2.75) is 51.9 Å². The topological polar surface area (TPSA) is 9.23 Å². The Labute approximate surface area is 190 Å². The van der Waals surface area contributed by atoms with E-state index >= 15 is 0 Å². The second kappa shape index (κ2) is 17.4. The summed E-state index contributed by atoms with van der Waals surface area (Å²) in [5, 5.41) is 0. The van der Waals surface area contributed by atoms with E-state index in [1.807, 2.05) is 30.8 Å². The first-order valence-electron chi connectivity index (χ1n) is 10.7. The molecule has 4 heteroatoms. The van der Waals surface area contributed by atoms with Crippen LogP contribution in [0.25, 0.3) is 0 Å². The van der Waals surface area contributed by atoms with Crippen molar-refractivity contribution < 1.29 is 13.5 Å². The second-order valence-electron chi connectivity index (χ2n) is 6.89. The van der Waals surface area contributed by atoms with Crippen LogP contribution in [0, 0.1) is 0 Å². The summed E-state index contributed by atoms with van der Waals surface area (Å²) in [6.07, 6.45) is 6.25. The van der Waals surface area contributed by atoms with Gasteiger partial charge in [-0.25, -0.2) is 0 Å². The van der Waals surface area contributed by atoms with Gasteiger partial charge in [0.2, 0.25) is 0 Å². The Hall–Kier alpha value is -2.33. The van der Waals surface area contributed by atoms with E-state index in [-0.39, 0.29) is 0 Å². The van der Waals surface area contributed by atoms with Crippen LogP contribution in [0.3, 0.4) is 0 Å². The third-order valence-corrected chi connectivity index (χ3v) is 4.87. The standard InChI is InChI=1S/C10H12F2O.C9H12.C8H10S/c1-2-5-8-6-3-4-7-9(8)13-10(11)12;1-2-6-9-7-4-3-5-8-9;1-9-7-8-5-3-2-4-6-8/h3-4,6-7,10H,2,5H2,1H3;3-5,7-8H,2,6H2,1H3;2-6H,7H2,1H3.